The molecule has 1 amide bonds. The Morgan fingerprint density at radius 1 is 0.955 bits per heavy atom. The molecule has 1 N–H and O–H groups in total. The zero-order chi connectivity index (χ0) is 16.5. The van der Waals surface area contributed by atoms with E-state index in [1.54, 1.807) is 0 Å². The van der Waals surface area contributed by atoms with Crippen molar-refractivity contribution in [3.63, 3.8) is 0 Å². The summed E-state index contributed by atoms with van der Waals surface area (Å²) in [4.78, 5) is 12.1. The summed E-state index contributed by atoms with van der Waals surface area (Å²) in [5, 5.41) is 2.61. The van der Waals surface area contributed by atoms with Gasteiger partial charge in [0.25, 0.3) is 5.91 Å². The number of benzene rings is 2. The highest BCUT2D eigenvalue weighted by atomic mass is 35.5. The van der Waals surface area contributed by atoms with E-state index in [1.165, 1.54) is 18.2 Å². The van der Waals surface area contributed by atoms with Crippen molar-refractivity contribution in [2.24, 2.45) is 0 Å². The van der Waals surface area contributed by atoms with Crippen molar-refractivity contribution in [2.75, 3.05) is 5.32 Å². The van der Waals surface area contributed by atoms with Crippen LogP contribution in [0.5, 0.6) is 0 Å². The first kappa shape index (κ1) is 16.9. The van der Waals surface area contributed by atoms with Crippen molar-refractivity contribution in [3.8, 4) is 0 Å². The number of amides is 1. The van der Waals surface area contributed by atoms with E-state index in [0.717, 1.165) is 18.2 Å². The summed E-state index contributed by atoms with van der Waals surface area (Å²) in [6, 6.07) is 6.91. The zero-order valence-corrected chi connectivity index (χ0v) is 12.9. The number of hydrogen-bond donors (Lipinski definition) is 1. The van der Waals surface area contributed by atoms with E-state index in [2.05, 4.69) is 5.32 Å². The van der Waals surface area contributed by atoms with Crippen LogP contribution in [0.1, 0.15) is 15.9 Å². The van der Waals surface area contributed by atoms with E-state index >= 15 is 0 Å². The minimum atomic E-state index is -4.51. The first-order valence-electron chi connectivity index (χ1n) is 5.81. The topological polar surface area (TPSA) is 29.1 Å². The van der Waals surface area contributed by atoms with Crippen LogP contribution >= 0.6 is 34.8 Å². The van der Waals surface area contributed by atoms with Gasteiger partial charge < -0.3 is 5.32 Å². The Kier molecular flexibility index (Phi) is 4.90. The minimum Gasteiger partial charge on any atom is -0.321 e. The first-order chi connectivity index (χ1) is 10.2. The second kappa shape index (κ2) is 6.36. The summed E-state index contributed by atoms with van der Waals surface area (Å²) in [5.74, 6) is -0.630. The van der Waals surface area contributed by atoms with Crippen molar-refractivity contribution in [1.29, 1.82) is 0 Å². The average Bonchev–Trinajstić information content (AvgIpc) is 2.42. The number of nitrogens with one attached hydrogen (secondary N) is 1. The second-order valence-electron chi connectivity index (χ2n) is 4.27. The molecule has 2 aromatic carbocycles. The third-order valence-corrected chi connectivity index (χ3v) is 3.60. The molecule has 0 saturated heterocycles. The van der Waals surface area contributed by atoms with E-state index in [-0.39, 0.29) is 21.3 Å². The number of rotatable bonds is 2. The highest BCUT2D eigenvalue weighted by Gasteiger charge is 2.31. The van der Waals surface area contributed by atoms with Crippen molar-refractivity contribution in [3.05, 3.63) is 62.6 Å². The molecule has 0 fully saturated rings. The monoisotopic (exact) mass is 367 g/mol. The van der Waals surface area contributed by atoms with Crippen LogP contribution in [0.25, 0.3) is 0 Å². The highest BCUT2D eigenvalue weighted by molar-refractivity contribution is 6.37. The standard InChI is InChI=1S/C14H7Cl3F3NO/c15-8-2-3-10(16)9(6-8)13(22)21-12-4-1-7(5-11(12)17)14(18,19)20/h1-6H,(H,21,22). The van der Waals surface area contributed by atoms with Crippen molar-refractivity contribution >= 4 is 46.4 Å². The van der Waals surface area contributed by atoms with Gasteiger partial charge in [0.15, 0.2) is 0 Å². The molecule has 0 radical (unpaired) electrons. The van der Waals surface area contributed by atoms with Crippen LogP contribution in [-0.2, 0) is 6.18 Å². The van der Waals surface area contributed by atoms with Crippen LogP contribution in [0.15, 0.2) is 36.4 Å². The van der Waals surface area contributed by atoms with Crippen LogP contribution in [-0.4, -0.2) is 5.91 Å². The van der Waals surface area contributed by atoms with Gasteiger partial charge in [-0.3, -0.25) is 4.79 Å². The molecule has 0 aliphatic carbocycles. The summed E-state index contributed by atoms with van der Waals surface area (Å²) in [7, 11) is 0. The number of alkyl halides is 3. The Hall–Kier alpha value is -1.43. The first-order valence-corrected chi connectivity index (χ1v) is 6.95. The molecule has 0 aliphatic heterocycles. The molecule has 116 valence electrons. The Morgan fingerprint density at radius 2 is 1.64 bits per heavy atom. The summed E-state index contributed by atoms with van der Waals surface area (Å²) >= 11 is 17.4. The van der Waals surface area contributed by atoms with Crippen LogP contribution in [0.2, 0.25) is 15.1 Å². The maximum Gasteiger partial charge on any atom is 0.416 e. The summed E-state index contributed by atoms with van der Waals surface area (Å²) in [6.07, 6.45) is -4.51. The Labute approximate surface area is 138 Å². The van der Waals surface area contributed by atoms with Gasteiger partial charge in [0.05, 0.1) is 26.9 Å². The van der Waals surface area contributed by atoms with Gasteiger partial charge in [0, 0.05) is 5.02 Å². The Bertz CT molecular complexity index is 732. The molecule has 0 aliphatic rings. The SMILES string of the molecule is O=C(Nc1ccc(C(F)(F)F)cc1Cl)c1cc(Cl)ccc1Cl. The van der Waals surface area contributed by atoms with E-state index in [0.29, 0.717) is 5.02 Å². The lowest BCUT2D eigenvalue weighted by Crippen LogP contribution is -2.13. The number of halogens is 6. The molecule has 2 rings (SSSR count). The van der Waals surface area contributed by atoms with Crippen molar-refractivity contribution in [2.45, 2.75) is 6.18 Å². The minimum absolute atomic E-state index is 0.0377. The normalized spacial score (nSPS) is 11.4. The van der Waals surface area contributed by atoms with E-state index in [1.807, 2.05) is 0 Å². The fraction of sp³-hybridized carbons (Fsp3) is 0.0714. The third-order valence-electron chi connectivity index (χ3n) is 2.72. The average molecular weight is 369 g/mol. The molecular weight excluding hydrogens is 362 g/mol. The molecule has 8 heteroatoms. The van der Waals surface area contributed by atoms with Gasteiger partial charge in [-0.25, -0.2) is 0 Å². The largest absolute Gasteiger partial charge is 0.416 e. The van der Waals surface area contributed by atoms with Gasteiger partial charge >= 0.3 is 6.18 Å². The molecule has 0 bridgehead atoms. The predicted molar refractivity (Wildman–Crippen MR) is 80.9 cm³/mol. The molecule has 0 atom stereocenters. The number of anilines is 1. The fourth-order valence-corrected chi connectivity index (χ4v) is 2.26. The van der Waals surface area contributed by atoms with E-state index < -0.39 is 17.6 Å². The van der Waals surface area contributed by atoms with Gasteiger partial charge in [-0.2, -0.15) is 13.2 Å². The van der Waals surface area contributed by atoms with Gasteiger partial charge in [-0.1, -0.05) is 34.8 Å². The number of carbonyl (C=O) groups excluding carboxylic acids is 1. The van der Waals surface area contributed by atoms with Crippen molar-refractivity contribution < 1.29 is 18.0 Å². The molecule has 0 spiro atoms. The fourth-order valence-electron chi connectivity index (χ4n) is 1.65. The maximum atomic E-state index is 12.5. The van der Waals surface area contributed by atoms with E-state index in [9.17, 15) is 18.0 Å². The molecule has 0 saturated carbocycles. The number of hydrogen-bond acceptors (Lipinski definition) is 1. The van der Waals surface area contributed by atoms with Gasteiger partial charge in [0.2, 0.25) is 0 Å². The molecule has 22 heavy (non-hydrogen) atoms. The second-order valence-corrected chi connectivity index (χ2v) is 5.52. The molecule has 0 heterocycles. The Balaban J connectivity index is 2.27. The summed E-state index contributed by atoms with van der Waals surface area (Å²) in [5.41, 5.74) is -0.780. The number of carbonyl (C=O) groups is 1. The highest BCUT2D eigenvalue weighted by Crippen LogP contribution is 2.34. The van der Waals surface area contributed by atoms with Crippen LogP contribution in [0, 0.1) is 0 Å². The van der Waals surface area contributed by atoms with Gasteiger partial charge in [0.1, 0.15) is 0 Å². The quantitative estimate of drug-likeness (QED) is 0.700. The third kappa shape index (κ3) is 3.85. The molecule has 0 aromatic heterocycles. The van der Waals surface area contributed by atoms with Crippen LogP contribution in [0.3, 0.4) is 0 Å². The lowest BCUT2D eigenvalue weighted by Gasteiger charge is -2.11. The predicted octanol–water partition coefficient (Wildman–Crippen LogP) is 5.92. The summed E-state index contributed by atoms with van der Waals surface area (Å²) < 4.78 is 37.6. The lowest BCUT2D eigenvalue weighted by molar-refractivity contribution is -0.137. The van der Waals surface area contributed by atoms with Gasteiger partial charge in [-0.15, -0.1) is 0 Å². The van der Waals surface area contributed by atoms with Gasteiger partial charge in [-0.05, 0) is 36.4 Å². The smallest absolute Gasteiger partial charge is 0.321 e. The van der Waals surface area contributed by atoms with Crippen LogP contribution in [0.4, 0.5) is 18.9 Å². The maximum absolute atomic E-state index is 12.5. The molecule has 2 nitrogen and oxygen atoms in total. The lowest BCUT2D eigenvalue weighted by atomic mass is 10.1. The summed E-state index contributed by atoms with van der Waals surface area (Å²) in [6.45, 7) is 0. The van der Waals surface area contributed by atoms with E-state index in [4.69, 9.17) is 34.8 Å². The molecular formula is C14H7Cl3F3NO. The van der Waals surface area contributed by atoms with Crippen LogP contribution < -0.4 is 5.32 Å². The zero-order valence-electron chi connectivity index (χ0n) is 10.6. The Morgan fingerprint density at radius 3 is 2.23 bits per heavy atom. The molecule has 2 aromatic rings. The molecule has 0 unspecified atom stereocenters. The van der Waals surface area contributed by atoms with Crippen molar-refractivity contribution in [1.82, 2.24) is 0 Å².